The number of rotatable bonds is 9. The number of nitrogens with zero attached hydrogens (tertiary/aromatic N) is 1. The van der Waals surface area contributed by atoms with Crippen molar-refractivity contribution in [3.05, 3.63) is 72.3 Å². The Morgan fingerprint density at radius 3 is 2.23 bits per heavy atom. The summed E-state index contributed by atoms with van der Waals surface area (Å²) in [4.78, 5) is 18.6. The monoisotopic (exact) mass is 599 g/mol. The summed E-state index contributed by atoms with van der Waals surface area (Å²) >= 11 is 0. The highest BCUT2D eigenvalue weighted by molar-refractivity contribution is 6.97. The maximum atomic E-state index is 13.3. The first kappa shape index (κ1) is 30.8. The van der Waals surface area contributed by atoms with Crippen molar-refractivity contribution in [1.82, 2.24) is 5.06 Å². The normalized spacial score (nSPS) is 33.6. The molecule has 5 heteroatoms. The fourth-order valence-corrected chi connectivity index (χ4v) is 14.6. The van der Waals surface area contributed by atoms with Crippen molar-refractivity contribution in [3.8, 4) is 0 Å². The number of unbranched alkanes of at least 4 members (excludes halogenated alkanes) is 1. The molecule has 0 spiro atoms. The highest BCUT2D eigenvalue weighted by atomic mass is 28.4. The molecular formula is C38H53NO3Si. The van der Waals surface area contributed by atoms with Gasteiger partial charge >= 0.3 is 0 Å². The molecule has 1 amide bonds. The number of amides is 1. The van der Waals surface area contributed by atoms with Crippen molar-refractivity contribution in [3.63, 3.8) is 0 Å². The quantitative estimate of drug-likeness (QED) is 0.170. The Morgan fingerprint density at radius 1 is 0.930 bits per heavy atom. The Bertz CT molecular complexity index is 1260. The van der Waals surface area contributed by atoms with E-state index in [2.05, 4.69) is 87.5 Å². The molecule has 0 N–H and O–H groups in total. The van der Waals surface area contributed by atoms with Gasteiger partial charge in [-0.15, -0.1) is 0 Å². The minimum absolute atomic E-state index is 0.0860. The average Bonchev–Trinajstić information content (AvgIpc) is 3.40. The van der Waals surface area contributed by atoms with Crippen LogP contribution in [-0.4, -0.2) is 39.5 Å². The largest absolute Gasteiger partial charge is 0.405 e. The van der Waals surface area contributed by atoms with E-state index in [4.69, 9.17) is 9.26 Å². The van der Waals surface area contributed by atoms with Gasteiger partial charge in [0, 0.05) is 19.1 Å². The predicted octanol–water partition coefficient (Wildman–Crippen LogP) is 7.53. The van der Waals surface area contributed by atoms with Crippen LogP contribution in [-0.2, 0) is 14.1 Å². The number of hydrogen-bond acceptors (Lipinski definition) is 3. The Balaban J connectivity index is 1.25. The lowest BCUT2D eigenvalue weighted by Gasteiger charge is -2.58. The third kappa shape index (κ3) is 5.27. The lowest BCUT2D eigenvalue weighted by Crippen LogP contribution is -2.62. The molecule has 4 aliphatic rings. The zero-order valence-electron chi connectivity index (χ0n) is 27.2. The van der Waals surface area contributed by atoms with Gasteiger partial charge in [0.05, 0.1) is 7.11 Å². The van der Waals surface area contributed by atoms with Crippen LogP contribution < -0.4 is 10.4 Å². The molecule has 0 aliphatic heterocycles. The highest BCUT2D eigenvalue weighted by Gasteiger charge is 2.60. The summed E-state index contributed by atoms with van der Waals surface area (Å²) in [6.07, 6.45) is 14.4. The number of carbonyl (C=O) groups is 1. The van der Waals surface area contributed by atoms with E-state index in [-0.39, 0.29) is 28.8 Å². The van der Waals surface area contributed by atoms with Crippen LogP contribution in [0.2, 0.25) is 6.04 Å². The van der Waals surface area contributed by atoms with Crippen molar-refractivity contribution in [2.75, 3.05) is 14.2 Å². The molecule has 232 valence electrons. The number of benzene rings is 2. The fraction of sp³-hybridized carbons (Fsp3) is 0.605. The lowest BCUT2D eigenvalue weighted by molar-refractivity contribution is -0.179. The first-order chi connectivity index (χ1) is 20.8. The van der Waals surface area contributed by atoms with Gasteiger partial charge in [0.2, 0.25) is 5.91 Å². The zero-order chi connectivity index (χ0) is 30.2. The van der Waals surface area contributed by atoms with E-state index in [9.17, 15) is 4.79 Å². The van der Waals surface area contributed by atoms with Crippen LogP contribution in [0.3, 0.4) is 0 Å². The van der Waals surface area contributed by atoms with E-state index >= 15 is 0 Å². The van der Waals surface area contributed by atoms with Gasteiger partial charge in [-0.25, -0.2) is 5.06 Å². The third-order valence-corrected chi connectivity index (χ3v) is 17.0. The second-order valence-corrected chi connectivity index (χ2v) is 18.1. The van der Waals surface area contributed by atoms with Crippen LogP contribution in [0.4, 0.5) is 0 Å². The number of carbonyl (C=O) groups excluding carboxylic acids is 1. The summed E-state index contributed by atoms with van der Waals surface area (Å²) in [6.45, 7) is 7.31. The van der Waals surface area contributed by atoms with E-state index in [1.165, 1.54) is 54.0 Å². The SMILES string of the molecule is CCCC[Si](O[C@H]1CC[C@@]2(C)C(=CC[C@H]3[C@@H]4CC[C@H](C(=O)N(C)OC)[C@@]4(C)CC[C@@H]32)C1)(c1ccccc1)c1ccccc1. The summed E-state index contributed by atoms with van der Waals surface area (Å²) in [6, 6.07) is 23.5. The molecule has 0 unspecified atom stereocenters. The van der Waals surface area contributed by atoms with Gasteiger partial charge in [0.1, 0.15) is 0 Å². The maximum absolute atomic E-state index is 13.3. The van der Waals surface area contributed by atoms with E-state index in [0.29, 0.717) is 17.8 Å². The lowest BCUT2D eigenvalue weighted by atomic mass is 9.47. The topological polar surface area (TPSA) is 38.8 Å². The second-order valence-electron chi connectivity index (χ2n) is 14.6. The Morgan fingerprint density at radius 2 is 1.60 bits per heavy atom. The van der Waals surface area contributed by atoms with Crippen LogP contribution >= 0.6 is 0 Å². The van der Waals surface area contributed by atoms with E-state index in [1.807, 2.05) is 0 Å². The average molecular weight is 600 g/mol. The molecule has 0 bridgehead atoms. The molecule has 2 aromatic rings. The Kier molecular flexibility index (Phi) is 8.80. The van der Waals surface area contributed by atoms with Gasteiger partial charge in [0.25, 0.3) is 8.32 Å². The molecule has 3 saturated carbocycles. The summed E-state index contributed by atoms with van der Waals surface area (Å²) < 4.78 is 7.59. The van der Waals surface area contributed by atoms with Crippen LogP contribution in [0.25, 0.3) is 0 Å². The fourth-order valence-electron chi connectivity index (χ4n) is 10.2. The maximum Gasteiger partial charge on any atom is 0.256 e. The van der Waals surface area contributed by atoms with Crippen molar-refractivity contribution in [2.45, 2.75) is 97.1 Å². The molecule has 0 radical (unpaired) electrons. The predicted molar refractivity (Wildman–Crippen MR) is 177 cm³/mol. The smallest absolute Gasteiger partial charge is 0.256 e. The van der Waals surface area contributed by atoms with Gasteiger partial charge in [-0.3, -0.25) is 9.63 Å². The molecule has 0 heterocycles. The van der Waals surface area contributed by atoms with Crippen LogP contribution in [0, 0.1) is 34.5 Å². The summed E-state index contributed by atoms with van der Waals surface area (Å²) in [7, 11) is 0.977. The van der Waals surface area contributed by atoms with Crippen LogP contribution in [0.15, 0.2) is 72.3 Å². The molecule has 4 aliphatic carbocycles. The standard InChI is InChI=1S/C38H53NO3Si/c1-6-7-26-43(30-14-10-8-11-15-30,31-16-12-9-13-17-31)42-29-22-24-37(2)28(27-29)18-19-32-33-20-21-35(36(40)39(4)41-5)38(33,3)25-23-34(32)37/h8-18,29,32-35H,6-7,19-27H2,1-5H3/t29-,32-,33-,34-,35+,37-,38-/m0/s1. The second kappa shape index (κ2) is 12.3. The summed E-state index contributed by atoms with van der Waals surface area (Å²) in [5.41, 5.74) is 2.00. The van der Waals surface area contributed by atoms with Gasteiger partial charge in [-0.2, -0.15) is 0 Å². The molecule has 0 aromatic heterocycles. The molecule has 0 saturated heterocycles. The van der Waals surface area contributed by atoms with Gasteiger partial charge in [-0.1, -0.05) is 106 Å². The van der Waals surface area contributed by atoms with E-state index in [1.54, 1.807) is 19.7 Å². The van der Waals surface area contributed by atoms with Crippen molar-refractivity contribution < 1.29 is 14.1 Å². The zero-order valence-corrected chi connectivity index (χ0v) is 28.2. The number of fused-ring (bicyclic) bond motifs is 5. The minimum Gasteiger partial charge on any atom is -0.405 e. The number of allylic oxidation sites excluding steroid dienone is 1. The highest BCUT2D eigenvalue weighted by Crippen LogP contribution is 2.66. The minimum atomic E-state index is -2.40. The molecule has 4 nitrogen and oxygen atoms in total. The molecule has 3 fully saturated rings. The molecule has 2 aromatic carbocycles. The first-order valence-corrected chi connectivity index (χ1v) is 19.2. The van der Waals surface area contributed by atoms with Crippen molar-refractivity contribution >= 4 is 24.6 Å². The van der Waals surface area contributed by atoms with E-state index < -0.39 is 8.32 Å². The van der Waals surface area contributed by atoms with Crippen LogP contribution in [0.5, 0.6) is 0 Å². The third-order valence-electron chi connectivity index (χ3n) is 12.7. The van der Waals surface area contributed by atoms with Gasteiger partial charge < -0.3 is 4.43 Å². The van der Waals surface area contributed by atoms with Gasteiger partial charge in [0.15, 0.2) is 0 Å². The van der Waals surface area contributed by atoms with Crippen LogP contribution in [0.1, 0.15) is 85.0 Å². The van der Waals surface area contributed by atoms with Crippen molar-refractivity contribution in [2.24, 2.45) is 34.5 Å². The van der Waals surface area contributed by atoms with E-state index in [0.717, 1.165) is 31.7 Å². The Hall–Kier alpha value is -2.21. The number of hydroxylamine groups is 2. The summed E-state index contributed by atoms with van der Waals surface area (Å²) in [5, 5.41) is 4.30. The molecule has 6 rings (SSSR count). The molecule has 43 heavy (non-hydrogen) atoms. The van der Waals surface area contributed by atoms with Crippen molar-refractivity contribution in [1.29, 1.82) is 0 Å². The summed E-state index contributed by atoms with van der Waals surface area (Å²) in [5.74, 6) is 2.28. The number of hydrogen-bond donors (Lipinski definition) is 0. The first-order valence-electron chi connectivity index (χ1n) is 17.1. The molecular weight excluding hydrogens is 547 g/mol. The Labute approximate surface area is 261 Å². The molecule has 7 atom stereocenters. The van der Waals surface area contributed by atoms with Gasteiger partial charge in [-0.05, 0) is 96.4 Å².